The Balaban J connectivity index is 1.86. The third-order valence-electron chi connectivity index (χ3n) is 3.06. The van der Waals surface area contributed by atoms with E-state index in [9.17, 15) is 4.79 Å². The van der Waals surface area contributed by atoms with Gasteiger partial charge in [-0.1, -0.05) is 25.1 Å². The van der Waals surface area contributed by atoms with E-state index >= 15 is 0 Å². The van der Waals surface area contributed by atoms with Crippen molar-refractivity contribution in [2.75, 3.05) is 5.73 Å². The standard InChI is InChI=1S/C13H14N8O2S/c1-7(2)10-9(13(22)17-15-6-8-4-3-5-24-8)16-20-21(10)12-11(14)18-23-19-12/h3-7H,1-2H3,(H2,14,18)(H,17,22). The highest BCUT2D eigenvalue weighted by atomic mass is 32.1. The highest BCUT2D eigenvalue weighted by Gasteiger charge is 2.25. The molecule has 3 heterocycles. The molecule has 24 heavy (non-hydrogen) atoms. The predicted molar refractivity (Wildman–Crippen MR) is 87.1 cm³/mol. The van der Waals surface area contributed by atoms with Crippen LogP contribution in [0.1, 0.15) is 40.8 Å². The van der Waals surface area contributed by atoms with Gasteiger partial charge in [-0.15, -0.1) is 16.4 Å². The summed E-state index contributed by atoms with van der Waals surface area (Å²) in [6.45, 7) is 3.79. The molecule has 0 radical (unpaired) electrons. The first kappa shape index (κ1) is 15.8. The van der Waals surface area contributed by atoms with E-state index in [4.69, 9.17) is 5.73 Å². The van der Waals surface area contributed by atoms with Crippen molar-refractivity contribution in [2.45, 2.75) is 19.8 Å². The Hall–Kier alpha value is -3.08. The zero-order chi connectivity index (χ0) is 17.1. The van der Waals surface area contributed by atoms with Crippen LogP contribution in [0.15, 0.2) is 27.2 Å². The molecule has 3 aromatic rings. The molecule has 0 unspecified atom stereocenters. The molecule has 10 nitrogen and oxygen atoms in total. The van der Waals surface area contributed by atoms with Crippen LogP contribution in [0.5, 0.6) is 0 Å². The van der Waals surface area contributed by atoms with Gasteiger partial charge in [0.15, 0.2) is 5.69 Å². The topological polar surface area (TPSA) is 137 Å². The van der Waals surface area contributed by atoms with Crippen molar-refractivity contribution in [3.8, 4) is 5.82 Å². The van der Waals surface area contributed by atoms with Crippen LogP contribution >= 0.6 is 11.3 Å². The molecule has 0 aromatic carbocycles. The average molecular weight is 346 g/mol. The van der Waals surface area contributed by atoms with Crippen molar-refractivity contribution >= 4 is 29.3 Å². The monoisotopic (exact) mass is 346 g/mol. The minimum absolute atomic E-state index is 0.0597. The molecular weight excluding hydrogens is 332 g/mol. The van der Waals surface area contributed by atoms with E-state index in [0.29, 0.717) is 5.69 Å². The molecule has 3 aromatic heterocycles. The van der Waals surface area contributed by atoms with Gasteiger partial charge in [0.1, 0.15) is 0 Å². The molecular formula is C13H14N8O2S. The van der Waals surface area contributed by atoms with E-state index in [1.54, 1.807) is 6.21 Å². The van der Waals surface area contributed by atoms with Gasteiger partial charge in [0, 0.05) is 4.88 Å². The van der Waals surface area contributed by atoms with Crippen LogP contribution in [0.25, 0.3) is 5.82 Å². The van der Waals surface area contributed by atoms with Gasteiger partial charge in [0.25, 0.3) is 5.91 Å². The number of thiophene rings is 1. The summed E-state index contributed by atoms with van der Waals surface area (Å²) >= 11 is 1.51. The van der Waals surface area contributed by atoms with Gasteiger partial charge in [-0.05, 0) is 27.7 Å². The van der Waals surface area contributed by atoms with E-state index in [2.05, 4.69) is 35.8 Å². The van der Waals surface area contributed by atoms with Crippen LogP contribution in [0.3, 0.4) is 0 Å². The van der Waals surface area contributed by atoms with Crippen molar-refractivity contribution in [2.24, 2.45) is 5.10 Å². The predicted octanol–water partition coefficient (Wildman–Crippen LogP) is 1.18. The first-order chi connectivity index (χ1) is 11.6. The summed E-state index contributed by atoms with van der Waals surface area (Å²) in [5.41, 5.74) is 8.78. The molecule has 1 amide bonds. The number of hydrogen-bond donors (Lipinski definition) is 2. The molecule has 0 saturated carbocycles. The second-order valence-electron chi connectivity index (χ2n) is 5.08. The fourth-order valence-electron chi connectivity index (χ4n) is 2.04. The average Bonchev–Trinajstić information content (AvgIpc) is 3.25. The molecule has 11 heteroatoms. The maximum atomic E-state index is 12.3. The van der Waals surface area contributed by atoms with E-state index in [-0.39, 0.29) is 23.2 Å². The number of nitrogens with zero attached hydrogens (tertiary/aromatic N) is 6. The van der Waals surface area contributed by atoms with Crippen LogP contribution < -0.4 is 11.2 Å². The highest BCUT2D eigenvalue weighted by Crippen LogP contribution is 2.22. The van der Waals surface area contributed by atoms with Crippen LogP contribution in [0.4, 0.5) is 5.82 Å². The largest absolute Gasteiger partial charge is 0.378 e. The third kappa shape index (κ3) is 3.01. The molecule has 0 aliphatic carbocycles. The number of carbonyl (C=O) groups excluding carboxylic acids is 1. The number of aromatic nitrogens is 5. The molecule has 0 saturated heterocycles. The van der Waals surface area contributed by atoms with Gasteiger partial charge in [-0.3, -0.25) is 4.79 Å². The first-order valence-corrected chi connectivity index (χ1v) is 7.86. The number of nitrogens with one attached hydrogen (secondary N) is 1. The lowest BCUT2D eigenvalue weighted by Crippen LogP contribution is -2.20. The van der Waals surface area contributed by atoms with E-state index in [0.717, 1.165) is 4.88 Å². The van der Waals surface area contributed by atoms with Gasteiger partial charge < -0.3 is 5.73 Å². The van der Waals surface area contributed by atoms with Crippen LogP contribution in [-0.2, 0) is 0 Å². The smallest absolute Gasteiger partial charge is 0.293 e. The van der Waals surface area contributed by atoms with Gasteiger partial charge >= 0.3 is 0 Å². The quantitative estimate of drug-likeness (QED) is 0.522. The number of hydrazone groups is 1. The zero-order valence-corrected chi connectivity index (χ0v) is 13.7. The third-order valence-corrected chi connectivity index (χ3v) is 3.87. The second kappa shape index (κ2) is 6.58. The lowest BCUT2D eigenvalue weighted by molar-refractivity contribution is 0.0948. The summed E-state index contributed by atoms with van der Waals surface area (Å²) in [7, 11) is 0. The Bertz CT molecular complexity index is 865. The zero-order valence-electron chi connectivity index (χ0n) is 12.9. The minimum Gasteiger partial charge on any atom is -0.378 e. The van der Waals surface area contributed by atoms with Gasteiger partial charge in [-0.25, -0.2) is 10.1 Å². The van der Waals surface area contributed by atoms with Crippen LogP contribution in [0, 0.1) is 0 Å². The van der Waals surface area contributed by atoms with Gasteiger partial charge in [0.05, 0.1) is 11.9 Å². The SMILES string of the molecule is CC(C)c1c(C(=O)NN=Cc2cccs2)nnn1-c1nonc1N. The van der Waals surface area contributed by atoms with E-state index in [1.165, 1.54) is 16.0 Å². The maximum absolute atomic E-state index is 12.3. The van der Waals surface area contributed by atoms with Crippen molar-refractivity contribution in [1.29, 1.82) is 0 Å². The summed E-state index contributed by atoms with van der Waals surface area (Å²) in [5, 5.41) is 20.9. The number of nitrogen functional groups attached to an aromatic ring is 1. The van der Waals surface area contributed by atoms with Crippen molar-refractivity contribution in [1.82, 2.24) is 30.7 Å². The summed E-state index contributed by atoms with van der Waals surface area (Å²) in [4.78, 5) is 13.3. The Morgan fingerprint density at radius 3 is 2.96 bits per heavy atom. The number of anilines is 1. The summed E-state index contributed by atoms with van der Waals surface area (Å²) in [5.74, 6) is -0.303. The number of hydrogen-bond acceptors (Lipinski definition) is 9. The van der Waals surface area contributed by atoms with Crippen LogP contribution in [-0.4, -0.2) is 37.4 Å². The molecule has 124 valence electrons. The summed E-state index contributed by atoms with van der Waals surface area (Å²) in [6.07, 6.45) is 1.56. The Kier molecular flexibility index (Phi) is 4.33. The molecule has 0 spiro atoms. The molecule has 0 aliphatic heterocycles. The fourth-order valence-corrected chi connectivity index (χ4v) is 2.62. The number of carbonyl (C=O) groups is 1. The first-order valence-electron chi connectivity index (χ1n) is 6.99. The Morgan fingerprint density at radius 2 is 2.33 bits per heavy atom. The Morgan fingerprint density at radius 1 is 1.50 bits per heavy atom. The van der Waals surface area contributed by atoms with E-state index in [1.807, 2.05) is 31.4 Å². The summed E-state index contributed by atoms with van der Waals surface area (Å²) in [6, 6.07) is 3.78. The maximum Gasteiger partial charge on any atom is 0.293 e. The highest BCUT2D eigenvalue weighted by molar-refractivity contribution is 7.11. The van der Waals surface area contributed by atoms with Crippen molar-refractivity contribution in [3.63, 3.8) is 0 Å². The summed E-state index contributed by atoms with van der Waals surface area (Å²) < 4.78 is 5.92. The second-order valence-corrected chi connectivity index (χ2v) is 6.06. The number of rotatable bonds is 5. The van der Waals surface area contributed by atoms with Crippen LogP contribution in [0.2, 0.25) is 0 Å². The molecule has 0 aliphatic rings. The van der Waals surface area contributed by atoms with Crippen molar-refractivity contribution in [3.05, 3.63) is 33.8 Å². The normalized spacial score (nSPS) is 11.5. The molecule has 0 atom stereocenters. The molecule has 3 N–H and O–H groups in total. The number of nitrogens with two attached hydrogens (primary N) is 1. The molecule has 3 rings (SSSR count). The van der Waals surface area contributed by atoms with E-state index < -0.39 is 5.91 Å². The van der Waals surface area contributed by atoms with Gasteiger partial charge in [0.2, 0.25) is 11.6 Å². The lowest BCUT2D eigenvalue weighted by atomic mass is 10.1. The van der Waals surface area contributed by atoms with Crippen molar-refractivity contribution < 1.29 is 9.42 Å². The van der Waals surface area contributed by atoms with Gasteiger partial charge in [-0.2, -0.15) is 9.78 Å². The Labute approximate surface area is 140 Å². The molecule has 0 fully saturated rings. The molecule has 0 bridgehead atoms. The fraction of sp³-hybridized carbons (Fsp3) is 0.231. The minimum atomic E-state index is -0.479. The lowest BCUT2D eigenvalue weighted by Gasteiger charge is -2.07. The number of amides is 1.